The molecule has 0 heterocycles. The first-order chi connectivity index (χ1) is 21.2. The molecule has 0 spiro atoms. The lowest BCUT2D eigenvalue weighted by Gasteiger charge is -2.29. The van der Waals surface area contributed by atoms with E-state index in [9.17, 15) is 0 Å². The molecule has 7 aromatic carbocycles. The fourth-order valence-electron chi connectivity index (χ4n) is 6.44. The molecule has 0 aromatic heterocycles. The summed E-state index contributed by atoms with van der Waals surface area (Å²) in [5.74, 6) is 0. The summed E-state index contributed by atoms with van der Waals surface area (Å²) in [5.41, 5.74) is 6.98. The van der Waals surface area contributed by atoms with Gasteiger partial charge in [-0.15, -0.1) is 21.9 Å². The quantitative estimate of drug-likeness (QED) is 0.229. The van der Waals surface area contributed by atoms with Gasteiger partial charge in [0.1, 0.15) is 62.8 Å². The first-order valence-corrected chi connectivity index (χ1v) is 14.1. The molecule has 0 aliphatic heterocycles. The molecule has 184 valence electrons. The van der Waals surface area contributed by atoms with E-state index in [2.05, 4.69) is 36.4 Å². The summed E-state index contributed by atoms with van der Waals surface area (Å²) < 4.78 is 0. The minimum absolute atomic E-state index is 0.189. The van der Waals surface area contributed by atoms with Crippen LogP contribution in [0.2, 0.25) is 0 Å². The van der Waals surface area contributed by atoms with E-state index in [1.54, 1.807) is 0 Å². The van der Waals surface area contributed by atoms with Crippen molar-refractivity contribution in [3.8, 4) is 33.4 Å². The Bertz CT molecular complexity index is 2210. The minimum Gasteiger partial charge on any atom is -0.110 e. The Balaban J connectivity index is 1.81. The molecule has 16 radical (unpaired) electrons. The van der Waals surface area contributed by atoms with Crippen molar-refractivity contribution in [1.82, 2.24) is 0 Å². The highest BCUT2D eigenvalue weighted by Gasteiger charge is 2.25. The third-order valence-corrected chi connectivity index (χ3v) is 8.62. The highest BCUT2D eigenvalue weighted by Crippen LogP contribution is 2.43. The van der Waals surface area contributed by atoms with E-state index >= 15 is 0 Å². The zero-order valence-corrected chi connectivity index (χ0v) is 23.9. The molecule has 0 amide bonds. The molecule has 0 saturated heterocycles. The van der Waals surface area contributed by atoms with Crippen LogP contribution in [-0.4, -0.2) is 62.8 Å². The lowest BCUT2D eigenvalue weighted by atomic mass is 9.59. The highest BCUT2D eigenvalue weighted by atomic mass is 14.2. The summed E-state index contributed by atoms with van der Waals surface area (Å²) in [7, 11) is 53.5. The van der Waals surface area contributed by atoms with Crippen LogP contribution in [0.4, 0.5) is 0 Å². The predicted octanol–water partition coefficient (Wildman–Crippen LogP) is 0.498. The molecule has 0 N–H and O–H groups in total. The van der Waals surface area contributed by atoms with Gasteiger partial charge in [0.05, 0.1) is 0 Å². The van der Waals surface area contributed by atoms with Crippen molar-refractivity contribution >= 4 is 139 Å². The van der Waals surface area contributed by atoms with Crippen LogP contribution in [0.1, 0.15) is 0 Å². The zero-order valence-electron chi connectivity index (χ0n) is 23.9. The van der Waals surface area contributed by atoms with Gasteiger partial charge < -0.3 is 0 Å². The summed E-state index contributed by atoms with van der Waals surface area (Å²) in [6.07, 6.45) is 0. The van der Waals surface area contributed by atoms with Gasteiger partial charge in [0.25, 0.3) is 0 Å². The molecule has 0 unspecified atom stereocenters. The Labute approximate surface area is 268 Å². The molecular weight excluding hydrogens is 519 g/mol. The molecule has 0 aliphatic carbocycles. The summed E-state index contributed by atoms with van der Waals surface area (Å²) in [6.45, 7) is 0. The average Bonchev–Trinajstić information content (AvgIpc) is 3.06. The topological polar surface area (TPSA) is 0 Å². The van der Waals surface area contributed by atoms with Crippen molar-refractivity contribution in [3.63, 3.8) is 0 Å². The van der Waals surface area contributed by atoms with Gasteiger partial charge in [-0.3, -0.25) is 0 Å². The van der Waals surface area contributed by atoms with E-state index in [1.807, 2.05) is 60.7 Å². The molecule has 0 saturated carbocycles. The molecule has 0 fully saturated rings. The fourth-order valence-corrected chi connectivity index (χ4v) is 6.44. The summed E-state index contributed by atoms with van der Waals surface area (Å²) >= 11 is 0. The lowest BCUT2D eigenvalue weighted by molar-refractivity contribution is 1.64. The van der Waals surface area contributed by atoms with Crippen LogP contribution >= 0.6 is 0 Å². The van der Waals surface area contributed by atoms with Gasteiger partial charge in [-0.25, -0.2) is 0 Å². The Morgan fingerprint density at radius 1 is 0.318 bits per heavy atom. The van der Waals surface area contributed by atoms with Gasteiger partial charge in [0.15, 0.2) is 0 Å². The first-order valence-electron chi connectivity index (χ1n) is 14.1. The van der Waals surface area contributed by atoms with Crippen molar-refractivity contribution in [2.75, 3.05) is 0 Å². The van der Waals surface area contributed by atoms with E-state index in [0.717, 1.165) is 33.0 Å². The largest absolute Gasteiger partial charge is 0.113 e. The van der Waals surface area contributed by atoms with Crippen molar-refractivity contribution in [3.05, 3.63) is 97.1 Å². The second kappa shape index (κ2) is 10.8. The number of hydrogen-bond donors (Lipinski definition) is 0. The number of rotatable bonds is 3. The van der Waals surface area contributed by atoms with E-state index in [-0.39, 0.29) is 43.7 Å². The van der Waals surface area contributed by atoms with Crippen molar-refractivity contribution in [2.45, 2.75) is 0 Å². The van der Waals surface area contributed by atoms with Crippen LogP contribution < -0.4 is 43.7 Å². The summed E-state index contributed by atoms with van der Waals surface area (Å²) in [4.78, 5) is 0. The minimum atomic E-state index is 0.189. The van der Waals surface area contributed by atoms with Gasteiger partial charge in [0.2, 0.25) is 0 Å². The van der Waals surface area contributed by atoms with E-state index < -0.39 is 0 Å². The second-order valence-corrected chi connectivity index (χ2v) is 11.0. The highest BCUT2D eigenvalue weighted by molar-refractivity contribution is 6.71. The van der Waals surface area contributed by atoms with Crippen molar-refractivity contribution < 1.29 is 0 Å². The van der Waals surface area contributed by atoms with Crippen LogP contribution in [0.5, 0.6) is 0 Å². The molecule has 7 aromatic rings. The zero-order chi connectivity index (χ0) is 30.9. The van der Waals surface area contributed by atoms with Crippen LogP contribution in [0.25, 0.3) is 65.7 Å². The summed E-state index contributed by atoms with van der Waals surface area (Å²) in [5, 5.41) is 4.52. The molecule has 8 heteroatoms. The van der Waals surface area contributed by atoms with Crippen LogP contribution in [0.15, 0.2) is 97.1 Å². The third-order valence-electron chi connectivity index (χ3n) is 8.62. The van der Waals surface area contributed by atoms with Gasteiger partial charge in [-0.05, 0) is 77.8 Å². The maximum Gasteiger partial charge on any atom is 0.113 e. The monoisotopic (exact) mass is 536 g/mol. The van der Waals surface area contributed by atoms with Gasteiger partial charge in [-0.1, -0.05) is 107 Å². The predicted molar refractivity (Wildman–Crippen MR) is 198 cm³/mol. The lowest BCUT2D eigenvalue weighted by Crippen LogP contribution is -2.50. The number of benzene rings is 7. The first kappa shape index (κ1) is 28.6. The number of hydrogen-bond acceptors (Lipinski definition) is 0. The Morgan fingerprint density at radius 3 is 1.18 bits per heavy atom. The maximum absolute atomic E-state index is 6.89. The van der Waals surface area contributed by atoms with E-state index in [1.165, 1.54) is 0 Å². The van der Waals surface area contributed by atoms with E-state index in [4.69, 9.17) is 62.8 Å². The van der Waals surface area contributed by atoms with Crippen LogP contribution in [0.3, 0.4) is 0 Å². The Morgan fingerprint density at radius 2 is 0.705 bits per heavy atom. The Kier molecular flexibility index (Phi) is 7.00. The molecular formula is C36H16B8. The number of fused-ring (bicyclic) bond motifs is 3. The Hall–Kier alpha value is -4.16. The summed E-state index contributed by atoms with van der Waals surface area (Å²) in [6, 6.07) is 32.3. The van der Waals surface area contributed by atoms with Crippen LogP contribution in [-0.2, 0) is 0 Å². The third kappa shape index (κ3) is 4.18. The van der Waals surface area contributed by atoms with Gasteiger partial charge in [0, 0.05) is 0 Å². The van der Waals surface area contributed by atoms with Crippen molar-refractivity contribution in [2.24, 2.45) is 0 Å². The van der Waals surface area contributed by atoms with Gasteiger partial charge >= 0.3 is 0 Å². The molecule has 0 atom stereocenters. The van der Waals surface area contributed by atoms with Gasteiger partial charge in [-0.2, -0.15) is 0 Å². The standard InChI is InChI=1S/C36H16B8/c37-29-25-23(18-11-5-2-6-12-18)26-28(32(40)36(44)34(42)30(26)38)24(27(25)31(39)35(43)33(29)41)20-15-19-13-7-8-14-21(19)22(16-20)17-9-3-1-4-10-17/h1-16H. The fraction of sp³-hybridized carbons (Fsp3) is 0. The average molecular weight is 535 g/mol. The van der Waals surface area contributed by atoms with E-state index in [0.29, 0.717) is 32.7 Å². The molecule has 44 heavy (non-hydrogen) atoms. The second-order valence-electron chi connectivity index (χ2n) is 11.0. The molecule has 0 aliphatic rings. The normalized spacial score (nSPS) is 11.5. The maximum atomic E-state index is 6.89. The molecule has 0 nitrogen and oxygen atoms in total. The SMILES string of the molecule is [B]c1c([B])c([B])c2c(-c3cc(-c4ccccc4)c4ccccc4c3)c3c([B])c([B])c([B])c([B])c3c(-c3ccccc3)c2c1[B]. The smallest absolute Gasteiger partial charge is 0.110 e. The van der Waals surface area contributed by atoms with Crippen molar-refractivity contribution in [1.29, 1.82) is 0 Å². The molecule has 7 rings (SSSR count). The van der Waals surface area contributed by atoms with Crippen LogP contribution in [0, 0.1) is 0 Å². The molecule has 0 bridgehead atoms.